The molecule has 0 aliphatic carbocycles. The van der Waals surface area contributed by atoms with Gasteiger partial charge in [-0.3, -0.25) is 4.90 Å². The van der Waals surface area contributed by atoms with E-state index in [4.69, 9.17) is 0 Å². The summed E-state index contributed by atoms with van der Waals surface area (Å²) in [5.74, 6) is 0.865. The van der Waals surface area contributed by atoms with Crippen molar-refractivity contribution < 1.29 is 0 Å². The van der Waals surface area contributed by atoms with Gasteiger partial charge in [-0.1, -0.05) is 37.3 Å². The highest BCUT2D eigenvalue weighted by Crippen LogP contribution is 2.14. The van der Waals surface area contributed by atoms with Gasteiger partial charge >= 0.3 is 0 Å². The number of nitrogens with one attached hydrogen (secondary N) is 2. The van der Waals surface area contributed by atoms with Crippen LogP contribution in [0.3, 0.4) is 0 Å². The summed E-state index contributed by atoms with van der Waals surface area (Å²) < 4.78 is 0. The average molecular weight is 388 g/mol. The van der Waals surface area contributed by atoms with Crippen molar-refractivity contribution in [1.29, 1.82) is 0 Å². The minimum atomic E-state index is 0.492. The molecule has 0 spiro atoms. The topological polar surface area (TPSA) is 52.6 Å². The molecule has 0 aliphatic heterocycles. The zero-order chi connectivity index (χ0) is 19.5. The maximum absolute atomic E-state index is 4.67. The molecule has 2 N–H and O–H groups in total. The number of benzene rings is 1. The molecular weight excluding hydrogens is 354 g/mol. The number of rotatable bonds is 10. The van der Waals surface area contributed by atoms with Gasteiger partial charge in [-0.2, -0.15) is 0 Å². The molecule has 1 aromatic heterocycles. The van der Waals surface area contributed by atoms with Crippen molar-refractivity contribution in [3.05, 3.63) is 52.0 Å². The Morgan fingerprint density at radius 1 is 1.22 bits per heavy atom. The van der Waals surface area contributed by atoms with Crippen LogP contribution in [0.5, 0.6) is 0 Å². The van der Waals surface area contributed by atoms with Gasteiger partial charge in [0.15, 0.2) is 5.96 Å². The third-order valence-electron chi connectivity index (χ3n) is 4.55. The fourth-order valence-electron chi connectivity index (χ4n) is 2.72. The molecular formula is C21H33N5S. The summed E-state index contributed by atoms with van der Waals surface area (Å²) in [7, 11) is 2.19. The summed E-state index contributed by atoms with van der Waals surface area (Å²) in [6.07, 6.45) is 4.05. The highest BCUT2D eigenvalue weighted by atomic mass is 32.1. The Morgan fingerprint density at radius 3 is 2.67 bits per heavy atom. The number of nitrogens with zero attached hydrogens (tertiary/aromatic N) is 3. The predicted molar refractivity (Wildman–Crippen MR) is 116 cm³/mol. The summed E-state index contributed by atoms with van der Waals surface area (Å²) in [6, 6.07) is 11.1. The number of aryl methyl sites for hydroxylation is 1. The fourth-order valence-corrected chi connectivity index (χ4v) is 3.51. The van der Waals surface area contributed by atoms with E-state index in [-0.39, 0.29) is 0 Å². The second-order valence-corrected chi connectivity index (χ2v) is 7.93. The van der Waals surface area contributed by atoms with Gasteiger partial charge in [0.05, 0.1) is 6.54 Å². The summed E-state index contributed by atoms with van der Waals surface area (Å²) >= 11 is 1.75. The number of hydrogen-bond donors (Lipinski definition) is 2. The molecule has 2 aromatic rings. The Balaban J connectivity index is 1.77. The number of aromatic nitrogens is 1. The van der Waals surface area contributed by atoms with Crippen LogP contribution >= 0.6 is 11.3 Å². The van der Waals surface area contributed by atoms with Crippen molar-refractivity contribution in [2.24, 2.45) is 4.99 Å². The molecule has 0 aliphatic rings. The van der Waals surface area contributed by atoms with Crippen LogP contribution in [0.4, 0.5) is 0 Å². The zero-order valence-electron chi connectivity index (χ0n) is 17.0. The molecule has 0 bridgehead atoms. The van der Waals surface area contributed by atoms with E-state index in [2.05, 4.69) is 83.7 Å². The lowest BCUT2D eigenvalue weighted by Crippen LogP contribution is -2.40. The predicted octanol–water partition coefficient (Wildman–Crippen LogP) is 3.67. The maximum atomic E-state index is 4.67. The number of guanidine groups is 1. The van der Waals surface area contributed by atoms with Crippen LogP contribution in [-0.2, 0) is 19.5 Å². The molecule has 1 unspecified atom stereocenters. The molecule has 0 amide bonds. The van der Waals surface area contributed by atoms with Gasteiger partial charge < -0.3 is 10.6 Å². The van der Waals surface area contributed by atoms with Gasteiger partial charge in [0.1, 0.15) is 5.01 Å². The first kappa shape index (κ1) is 21.4. The Bertz CT molecular complexity index is 683. The minimum absolute atomic E-state index is 0.492. The van der Waals surface area contributed by atoms with Crippen LogP contribution in [0.15, 0.2) is 41.5 Å². The molecule has 27 heavy (non-hydrogen) atoms. The molecule has 1 aromatic carbocycles. The lowest BCUT2D eigenvalue weighted by Gasteiger charge is -2.25. The van der Waals surface area contributed by atoms with Gasteiger partial charge in [0.2, 0.25) is 0 Å². The Kier molecular flexibility index (Phi) is 9.28. The smallest absolute Gasteiger partial charge is 0.191 e. The van der Waals surface area contributed by atoms with E-state index in [0.717, 1.165) is 43.4 Å². The highest BCUT2D eigenvalue weighted by molar-refractivity contribution is 7.11. The van der Waals surface area contributed by atoms with E-state index in [1.54, 1.807) is 11.3 Å². The molecule has 6 heteroatoms. The molecule has 2 rings (SSSR count). The summed E-state index contributed by atoms with van der Waals surface area (Å²) in [5.41, 5.74) is 1.35. The van der Waals surface area contributed by atoms with Crippen LogP contribution < -0.4 is 10.6 Å². The lowest BCUT2D eigenvalue weighted by molar-refractivity contribution is 0.238. The van der Waals surface area contributed by atoms with Gasteiger partial charge in [-0.05, 0) is 39.3 Å². The molecule has 148 valence electrons. The third-order valence-corrected chi connectivity index (χ3v) is 5.67. The van der Waals surface area contributed by atoms with Crippen molar-refractivity contribution in [2.45, 2.75) is 52.7 Å². The van der Waals surface area contributed by atoms with Gasteiger partial charge in [0, 0.05) is 36.8 Å². The molecule has 0 saturated carbocycles. The molecule has 1 atom stereocenters. The van der Waals surface area contributed by atoms with Crippen LogP contribution in [0, 0.1) is 0 Å². The standard InChI is InChI=1S/C21H33N5S/c1-5-19-14-24-20(27-19)15-25-21(22-6-2)23-13-12-17(3)26(4)16-18-10-8-7-9-11-18/h7-11,14,17H,5-6,12-13,15-16H2,1-4H3,(H2,22,23,25). The fraction of sp³-hybridized carbons (Fsp3) is 0.524. The first-order valence-electron chi connectivity index (χ1n) is 9.82. The van der Waals surface area contributed by atoms with Crippen LogP contribution in [0.2, 0.25) is 0 Å². The van der Waals surface area contributed by atoms with E-state index in [0.29, 0.717) is 12.6 Å². The second-order valence-electron chi connectivity index (χ2n) is 6.73. The van der Waals surface area contributed by atoms with E-state index in [9.17, 15) is 0 Å². The lowest BCUT2D eigenvalue weighted by atomic mass is 10.1. The SMILES string of the molecule is CCNC(=NCc1ncc(CC)s1)NCCC(C)N(C)Cc1ccccc1. The van der Waals surface area contributed by atoms with E-state index in [1.165, 1.54) is 10.4 Å². The number of aliphatic imine (C=N–C) groups is 1. The van der Waals surface area contributed by atoms with Gasteiger partial charge in [0.25, 0.3) is 0 Å². The summed E-state index contributed by atoms with van der Waals surface area (Å²) in [4.78, 5) is 12.8. The Labute approximate surface area is 167 Å². The highest BCUT2D eigenvalue weighted by Gasteiger charge is 2.10. The normalized spacial score (nSPS) is 13.0. The molecule has 1 heterocycles. The first-order chi connectivity index (χ1) is 13.1. The van der Waals surface area contributed by atoms with Gasteiger partial charge in [-0.15, -0.1) is 11.3 Å². The van der Waals surface area contributed by atoms with Crippen LogP contribution in [0.25, 0.3) is 0 Å². The van der Waals surface area contributed by atoms with Crippen molar-refractivity contribution >= 4 is 17.3 Å². The van der Waals surface area contributed by atoms with Crippen molar-refractivity contribution in [3.63, 3.8) is 0 Å². The minimum Gasteiger partial charge on any atom is -0.357 e. The van der Waals surface area contributed by atoms with Crippen molar-refractivity contribution in [2.75, 3.05) is 20.1 Å². The van der Waals surface area contributed by atoms with Gasteiger partial charge in [-0.25, -0.2) is 9.98 Å². The first-order valence-corrected chi connectivity index (χ1v) is 10.6. The molecule has 5 nitrogen and oxygen atoms in total. The summed E-state index contributed by atoms with van der Waals surface area (Å²) in [6.45, 7) is 9.87. The third kappa shape index (κ3) is 7.69. The largest absolute Gasteiger partial charge is 0.357 e. The maximum Gasteiger partial charge on any atom is 0.191 e. The zero-order valence-corrected chi connectivity index (χ0v) is 17.9. The van der Waals surface area contributed by atoms with Crippen molar-refractivity contribution in [3.8, 4) is 0 Å². The average Bonchev–Trinajstić information content (AvgIpc) is 3.15. The number of thiazole rings is 1. The molecule has 0 radical (unpaired) electrons. The second kappa shape index (κ2) is 11.7. The monoisotopic (exact) mass is 387 g/mol. The Morgan fingerprint density at radius 2 is 2.00 bits per heavy atom. The van der Waals surface area contributed by atoms with E-state index >= 15 is 0 Å². The molecule has 0 saturated heterocycles. The van der Waals surface area contributed by atoms with Crippen LogP contribution in [0.1, 0.15) is 42.6 Å². The summed E-state index contributed by atoms with van der Waals surface area (Å²) in [5, 5.41) is 7.84. The molecule has 0 fully saturated rings. The van der Waals surface area contributed by atoms with E-state index in [1.807, 2.05) is 6.20 Å². The quantitative estimate of drug-likeness (QED) is 0.482. The Hall–Kier alpha value is -1.92. The van der Waals surface area contributed by atoms with E-state index < -0.39 is 0 Å². The number of hydrogen-bond acceptors (Lipinski definition) is 4. The van der Waals surface area contributed by atoms with Crippen LogP contribution in [-0.4, -0.2) is 42.0 Å². The van der Waals surface area contributed by atoms with Crippen molar-refractivity contribution in [1.82, 2.24) is 20.5 Å².